The number of alkyl halides is 1. The van der Waals surface area contributed by atoms with Gasteiger partial charge in [-0.25, -0.2) is 0 Å². The van der Waals surface area contributed by atoms with Crippen molar-refractivity contribution in [1.82, 2.24) is 0 Å². The molecule has 0 saturated heterocycles. The molecule has 1 heterocycles. The van der Waals surface area contributed by atoms with Gasteiger partial charge in [0.25, 0.3) is 0 Å². The summed E-state index contributed by atoms with van der Waals surface area (Å²) in [6.45, 7) is 0. The maximum Gasteiger partial charge on any atom is 0.318 e. The van der Waals surface area contributed by atoms with Crippen LogP contribution in [0, 0.1) is 0 Å². The van der Waals surface area contributed by atoms with Crippen molar-refractivity contribution in [2.24, 2.45) is 0 Å². The first kappa shape index (κ1) is 15.1. The van der Waals surface area contributed by atoms with Crippen LogP contribution in [-0.2, 0) is 10.2 Å². The van der Waals surface area contributed by atoms with Crippen LogP contribution in [0.25, 0.3) is 0 Å². The Labute approximate surface area is 138 Å². The van der Waals surface area contributed by atoms with Gasteiger partial charge in [0.2, 0.25) is 0 Å². The van der Waals surface area contributed by atoms with Crippen LogP contribution >= 0.6 is 15.9 Å². The Kier molecular flexibility index (Phi) is 4.21. The average Bonchev–Trinajstić information content (AvgIpc) is 2.54. The number of para-hydroxylation sites is 2. The minimum Gasteiger partial charge on any atom is -0.480 e. The minimum atomic E-state index is -1.03. The molecule has 1 aliphatic heterocycles. The number of benzene rings is 2. The third-order valence-electron chi connectivity index (χ3n) is 4.21. The lowest BCUT2D eigenvalue weighted by Gasteiger charge is -2.37. The van der Waals surface area contributed by atoms with E-state index in [0.717, 1.165) is 29.3 Å². The third kappa shape index (κ3) is 2.31. The van der Waals surface area contributed by atoms with E-state index >= 15 is 0 Å². The van der Waals surface area contributed by atoms with Crippen LogP contribution in [0.2, 0.25) is 0 Å². The predicted octanol–water partition coefficient (Wildman–Crippen LogP) is 4.73. The van der Waals surface area contributed by atoms with E-state index < -0.39 is 11.4 Å². The highest BCUT2D eigenvalue weighted by Crippen LogP contribution is 2.50. The fourth-order valence-corrected chi connectivity index (χ4v) is 3.57. The second-order valence-corrected chi connectivity index (χ2v) is 6.24. The van der Waals surface area contributed by atoms with E-state index in [0.29, 0.717) is 17.9 Å². The molecule has 114 valence electrons. The first-order chi connectivity index (χ1) is 10.7. The first-order valence-electron chi connectivity index (χ1n) is 7.36. The fraction of sp³-hybridized carbons (Fsp3) is 0.278. The lowest BCUT2D eigenvalue weighted by atomic mass is 9.69. The molecule has 4 heteroatoms. The Balaban J connectivity index is 2.20. The topological polar surface area (TPSA) is 46.5 Å². The quantitative estimate of drug-likeness (QED) is 0.619. The largest absolute Gasteiger partial charge is 0.480 e. The van der Waals surface area contributed by atoms with Crippen LogP contribution in [0.4, 0.5) is 0 Å². The summed E-state index contributed by atoms with van der Waals surface area (Å²) in [5.74, 6) is 0.468. The van der Waals surface area contributed by atoms with Gasteiger partial charge in [0, 0.05) is 16.5 Å². The highest BCUT2D eigenvalue weighted by Gasteiger charge is 2.47. The molecule has 0 unspecified atom stereocenters. The average molecular weight is 361 g/mol. The van der Waals surface area contributed by atoms with Crippen LogP contribution in [-0.4, -0.2) is 16.4 Å². The van der Waals surface area contributed by atoms with Gasteiger partial charge < -0.3 is 9.84 Å². The number of carbonyl (C=O) groups is 1. The summed E-state index contributed by atoms with van der Waals surface area (Å²) in [5.41, 5.74) is 0.458. The molecule has 0 fully saturated rings. The molecule has 2 aromatic carbocycles. The molecule has 0 spiro atoms. The molecule has 3 nitrogen and oxygen atoms in total. The first-order valence-corrected chi connectivity index (χ1v) is 8.48. The molecule has 1 N–H and O–H groups in total. The molecule has 0 amide bonds. The molecular formula is C18H17BrO3. The van der Waals surface area contributed by atoms with Gasteiger partial charge in [-0.15, -0.1) is 0 Å². The predicted molar refractivity (Wildman–Crippen MR) is 89.0 cm³/mol. The maximum absolute atomic E-state index is 12.3. The molecule has 22 heavy (non-hydrogen) atoms. The van der Waals surface area contributed by atoms with Gasteiger partial charge in [-0.1, -0.05) is 58.7 Å². The summed E-state index contributed by atoms with van der Waals surface area (Å²) in [5, 5.41) is 11.0. The molecule has 0 radical (unpaired) electrons. The Morgan fingerprint density at radius 1 is 1.00 bits per heavy atom. The lowest BCUT2D eigenvalue weighted by Crippen LogP contribution is -2.39. The monoisotopic (exact) mass is 360 g/mol. The number of unbranched alkanes of at least 4 members (excludes halogenated alkanes) is 1. The van der Waals surface area contributed by atoms with Crippen LogP contribution in [0.5, 0.6) is 11.5 Å². The Morgan fingerprint density at radius 3 is 2.05 bits per heavy atom. The summed E-state index contributed by atoms with van der Waals surface area (Å²) < 4.78 is 5.92. The number of aliphatic carboxylic acids is 1. The van der Waals surface area contributed by atoms with Crippen LogP contribution < -0.4 is 4.74 Å². The van der Waals surface area contributed by atoms with Crippen molar-refractivity contribution in [1.29, 1.82) is 0 Å². The number of carboxylic acid groups (broad SMARTS) is 1. The molecule has 2 aromatic rings. The number of carboxylic acids is 1. The van der Waals surface area contributed by atoms with Crippen LogP contribution in [0.1, 0.15) is 30.4 Å². The van der Waals surface area contributed by atoms with Crippen molar-refractivity contribution in [2.45, 2.75) is 24.7 Å². The van der Waals surface area contributed by atoms with Crippen LogP contribution in [0.15, 0.2) is 48.5 Å². The van der Waals surface area contributed by atoms with Crippen molar-refractivity contribution in [2.75, 3.05) is 5.33 Å². The lowest BCUT2D eigenvalue weighted by molar-refractivity contribution is -0.142. The van der Waals surface area contributed by atoms with Crippen molar-refractivity contribution >= 4 is 21.9 Å². The number of hydrogen-bond acceptors (Lipinski definition) is 2. The number of halogens is 1. The van der Waals surface area contributed by atoms with Gasteiger partial charge in [0.05, 0.1) is 0 Å². The van der Waals surface area contributed by atoms with Gasteiger partial charge in [0.15, 0.2) is 0 Å². The number of rotatable bonds is 5. The molecule has 0 aliphatic carbocycles. The normalized spacial score (nSPS) is 14.6. The Hall–Kier alpha value is -1.81. The van der Waals surface area contributed by atoms with Gasteiger partial charge in [0.1, 0.15) is 16.9 Å². The third-order valence-corrected chi connectivity index (χ3v) is 4.77. The molecular weight excluding hydrogens is 344 g/mol. The zero-order valence-electron chi connectivity index (χ0n) is 12.1. The number of fused-ring (bicyclic) bond motifs is 2. The van der Waals surface area contributed by atoms with Crippen LogP contribution in [0.3, 0.4) is 0 Å². The van der Waals surface area contributed by atoms with E-state index in [-0.39, 0.29) is 0 Å². The second kappa shape index (κ2) is 6.13. The van der Waals surface area contributed by atoms with Gasteiger partial charge >= 0.3 is 5.97 Å². The van der Waals surface area contributed by atoms with Crippen molar-refractivity contribution in [3.63, 3.8) is 0 Å². The van der Waals surface area contributed by atoms with E-state index in [4.69, 9.17) is 4.74 Å². The molecule has 0 bridgehead atoms. The highest BCUT2D eigenvalue weighted by atomic mass is 79.9. The highest BCUT2D eigenvalue weighted by molar-refractivity contribution is 9.09. The van der Waals surface area contributed by atoms with E-state index in [1.807, 2.05) is 48.5 Å². The molecule has 0 aromatic heterocycles. The summed E-state index contributed by atoms with van der Waals surface area (Å²) >= 11 is 3.42. The number of hydrogen-bond donors (Lipinski definition) is 1. The zero-order chi connectivity index (χ0) is 15.6. The maximum atomic E-state index is 12.3. The summed E-state index contributed by atoms with van der Waals surface area (Å²) in [6.07, 6.45) is 2.34. The number of ether oxygens (including phenoxy) is 1. The SMILES string of the molecule is O=C(O)C1(CCCCBr)c2ccccc2Oc2ccccc21. The van der Waals surface area contributed by atoms with E-state index in [9.17, 15) is 9.90 Å². The molecule has 3 rings (SSSR count). The van der Waals surface area contributed by atoms with Crippen molar-refractivity contribution in [3.05, 3.63) is 59.7 Å². The van der Waals surface area contributed by atoms with E-state index in [1.165, 1.54) is 0 Å². The van der Waals surface area contributed by atoms with Crippen molar-refractivity contribution < 1.29 is 14.6 Å². The Morgan fingerprint density at radius 2 is 1.55 bits per heavy atom. The van der Waals surface area contributed by atoms with Crippen molar-refractivity contribution in [3.8, 4) is 11.5 Å². The van der Waals surface area contributed by atoms with Gasteiger partial charge in [-0.2, -0.15) is 0 Å². The zero-order valence-corrected chi connectivity index (χ0v) is 13.7. The standard InChI is InChI=1S/C18H17BrO3/c19-12-6-5-11-18(17(20)21)13-7-1-3-9-15(13)22-16-10-4-2-8-14(16)18/h1-4,7-10H,5-6,11-12H2,(H,20,21). The van der Waals surface area contributed by atoms with Gasteiger partial charge in [-0.3, -0.25) is 4.79 Å². The van der Waals surface area contributed by atoms with Gasteiger partial charge in [-0.05, 0) is 25.0 Å². The van der Waals surface area contributed by atoms with E-state index in [2.05, 4.69) is 15.9 Å². The summed E-state index contributed by atoms with van der Waals surface area (Å²) in [4.78, 5) is 12.3. The molecule has 0 atom stereocenters. The fourth-order valence-electron chi connectivity index (χ4n) is 3.17. The summed E-state index contributed by atoms with van der Waals surface area (Å²) in [7, 11) is 0. The second-order valence-electron chi connectivity index (χ2n) is 5.45. The molecule has 0 saturated carbocycles. The Bertz CT molecular complexity index is 651. The smallest absolute Gasteiger partial charge is 0.318 e. The molecule has 1 aliphatic rings. The minimum absolute atomic E-state index is 0.561. The summed E-state index contributed by atoms with van der Waals surface area (Å²) in [6, 6.07) is 14.9. The van der Waals surface area contributed by atoms with E-state index in [1.54, 1.807) is 0 Å².